The minimum Gasteiger partial charge on any atom is -0.748 e. The summed E-state index contributed by atoms with van der Waals surface area (Å²) in [5.41, 5.74) is 0. The van der Waals surface area contributed by atoms with E-state index in [1.807, 2.05) is 0 Å². The summed E-state index contributed by atoms with van der Waals surface area (Å²) < 4.78 is 34.4. The maximum Gasteiger partial charge on any atom is 1.00 e. The number of unbranched alkanes of at least 4 members (excludes halogenated alkanes) is 13. The Morgan fingerprint density at radius 1 is 0.667 bits per heavy atom. The van der Waals surface area contributed by atoms with Gasteiger partial charge < -0.3 is 9.66 Å². The molecule has 0 bridgehead atoms. The molecule has 0 rings (SSSR count). The number of aliphatic hydroxyl groups excluding tert-OH is 1. The van der Waals surface area contributed by atoms with Gasteiger partial charge in [0.05, 0.1) is 11.4 Å². The van der Waals surface area contributed by atoms with E-state index in [0.717, 1.165) is 44.9 Å². The SMILES string of the molecule is CCCCCCCCCCCCC(O)C(CCCCCCC)S(=O)(=O)[O-].[K+]. The summed E-state index contributed by atoms with van der Waals surface area (Å²) in [6.07, 6.45) is 16.7. The molecule has 27 heavy (non-hydrogen) atoms. The van der Waals surface area contributed by atoms with Crippen LogP contribution in [-0.4, -0.2) is 29.4 Å². The Morgan fingerprint density at radius 3 is 1.37 bits per heavy atom. The summed E-state index contributed by atoms with van der Waals surface area (Å²) in [5, 5.41) is 9.07. The van der Waals surface area contributed by atoms with Crippen LogP contribution in [0.15, 0.2) is 0 Å². The first-order chi connectivity index (χ1) is 12.4. The van der Waals surface area contributed by atoms with Crippen LogP contribution in [0.3, 0.4) is 0 Å². The summed E-state index contributed by atoms with van der Waals surface area (Å²) in [5.74, 6) is 0. The minimum absolute atomic E-state index is 0. The summed E-state index contributed by atoms with van der Waals surface area (Å²) in [6.45, 7) is 4.35. The van der Waals surface area contributed by atoms with Gasteiger partial charge in [0, 0.05) is 0 Å². The molecule has 2 atom stereocenters. The molecule has 0 aliphatic heterocycles. The standard InChI is InChI=1S/C21H44O4S.K/c1-3-5-7-9-10-11-12-13-15-16-18-20(22)21(26(23,24)25)19-17-14-8-6-4-2;/h20-22H,3-19H2,1-2H3,(H,23,24,25);/q;+1/p-1. The fraction of sp³-hybridized carbons (Fsp3) is 1.00. The van der Waals surface area contributed by atoms with Crippen molar-refractivity contribution in [2.45, 2.75) is 134 Å². The number of rotatable bonds is 19. The monoisotopic (exact) mass is 430 g/mol. The Kier molecular flexibility index (Phi) is 23.6. The van der Waals surface area contributed by atoms with E-state index in [0.29, 0.717) is 19.3 Å². The first kappa shape index (κ1) is 30.7. The van der Waals surface area contributed by atoms with E-state index < -0.39 is 21.5 Å². The maximum absolute atomic E-state index is 11.5. The third-order valence-electron chi connectivity index (χ3n) is 5.25. The van der Waals surface area contributed by atoms with Crippen molar-refractivity contribution in [3.8, 4) is 0 Å². The normalized spacial score (nSPS) is 13.9. The van der Waals surface area contributed by atoms with E-state index >= 15 is 0 Å². The average molecular weight is 431 g/mol. The molecule has 0 spiro atoms. The summed E-state index contributed by atoms with van der Waals surface area (Å²) >= 11 is 0. The van der Waals surface area contributed by atoms with Crippen molar-refractivity contribution in [3.05, 3.63) is 0 Å². The van der Waals surface area contributed by atoms with Crippen LogP contribution in [0.2, 0.25) is 0 Å². The van der Waals surface area contributed by atoms with Crippen molar-refractivity contribution >= 4 is 10.1 Å². The van der Waals surface area contributed by atoms with E-state index in [4.69, 9.17) is 0 Å². The first-order valence-electron chi connectivity index (χ1n) is 11.1. The van der Waals surface area contributed by atoms with Crippen molar-refractivity contribution in [2.75, 3.05) is 0 Å². The molecule has 0 aromatic rings. The second-order valence-corrected chi connectivity index (χ2v) is 9.36. The Labute approximate surface area is 211 Å². The van der Waals surface area contributed by atoms with Gasteiger partial charge in [0.15, 0.2) is 0 Å². The van der Waals surface area contributed by atoms with Gasteiger partial charge in [-0.3, -0.25) is 0 Å². The first-order valence-corrected chi connectivity index (χ1v) is 12.5. The van der Waals surface area contributed by atoms with Gasteiger partial charge in [-0.05, 0) is 12.8 Å². The van der Waals surface area contributed by atoms with E-state index in [1.54, 1.807) is 0 Å². The molecule has 0 heterocycles. The van der Waals surface area contributed by atoms with Gasteiger partial charge in [-0.2, -0.15) is 0 Å². The molecule has 0 radical (unpaired) electrons. The van der Waals surface area contributed by atoms with Crippen molar-refractivity contribution in [1.29, 1.82) is 0 Å². The number of aliphatic hydroxyl groups is 1. The zero-order chi connectivity index (χ0) is 19.7. The third kappa shape index (κ3) is 19.2. The Balaban J connectivity index is 0. The van der Waals surface area contributed by atoms with Gasteiger partial charge in [0.1, 0.15) is 10.1 Å². The van der Waals surface area contributed by atoms with Gasteiger partial charge >= 0.3 is 51.4 Å². The molecule has 0 aromatic carbocycles. The van der Waals surface area contributed by atoms with Gasteiger partial charge in [0.2, 0.25) is 0 Å². The largest absolute Gasteiger partial charge is 1.00 e. The van der Waals surface area contributed by atoms with Crippen molar-refractivity contribution < 1.29 is 69.5 Å². The Bertz CT molecular complexity index is 401. The molecule has 0 aromatic heterocycles. The fourth-order valence-corrected chi connectivity index (χ4v) is 4.48. The predicted molar refractivity (Wildman–Crippen MR) is 109 cm³/mol. The third-order valence-corrected chi connectivity index (χ3v) is 6.54. The molecule has 0 amide bonds. The van der Waals surface area contributed by atoms with Crippen LogP contribution in [0, 0.1) is 0 Å². The van der Waals surface area contributed by atoms with Gasteiger partial charge in [0.25, 0.3) is 0 Å². The van der Waals surface area contributed by atoms with Crippen LogP contribution in [-0.2, 0) is 10.1 Å². The minimum atomic E-state index is -4.42. The number of hydrogen-bond donors (Lipinski definition) is 1. The van der Waals surface area contributed by atoms with Crippen molar-refractivity contribution in [2.24, 2.45) is 0 Å². The molecule has 0 saturated carbocycles. The van der Waals surface area contributed by atoms with Crippen molar-refractivity contribution in [1.82, 2.24) is 0 Å². The molecule has 2 unspecified atom stereocenters. The quantitative estimate of drug-likeness (QED) is 0.194. The number of hydrogen-bond acceptors (Lipinski definition) is 4. The van der Waals surface area contributed by atoms with Gasteiger partial charge in [-0.25, -0.2) is 8.42 Å². The summed E-state index contributed by atoms with van der Waals surface area (Å²) in [4.78, 5) is 0. The second kappa shape index (κ2) is 20.8. The van der Waals surface area contributed by atoms with E-state index in [1.165, 1.54) is 44.9 Å². The molecule has 0 aliphatic carbocycles. The summed E-state index contributed by atoms with van der Waals surface area (Å²) in [6, 6.07) is 0. The van der Waals surface area contributed by atoms with E-state index in [2.05, 4.69) is 13.8 Å². The topological polar surface area (TPSA) is 77.4 Å². The smallest absolute Gasteiger partial charge is 0.748 e. The van der Waals surface area contributed by atoms with Crippen LogP contribution in [0.4, 0.5) is 0 Å². The zero-order valence-corrected chi connectivity index (χ0v) is 22.2. The van der Waals surface area contributed by atoms with Crippen LogP contribution >= 0.6 is 0 Å². The van der Waals surface area contributed by atoms with Crippen LogP contribution < -0.4 is 51.4 Å². The van der Waals surface area contributed by atoms with Gasteiger partial charge in [-0.1, -0.05) is 110 Å². The molecule has 0 saturated heterocycles. The Morgan fingerprint density at radius 2 is 1.00 bits per heavy atom. The molecular formula is C21H43KO4S. The molecule has 1 N–H and O–H groups in total. The summed E-state index contributed by atoms with van der Waals surface area (Å²) in [7, 11) is -4.42. The molecule has 0 fully saturated rings. The molecular weight excluding hydrogens is 387 g/mol. The fourth-order valence-electron chi connectivity index (χ4n) is 3.50. The zero-order valence-electron chi connectivity index (χ0n) is 18.3. The van der Waals surface area contributed by atoms with Gasteiger partial charge in [-0.15, -0.1) is 0 Å². The average Bonchev–Trinajstić information content (AvgIpc) is 2.58. The Hall–Kier alpha value is 1.51. The van der Waals surface area contributed by atoms with Crippen LogP contribution in [0.1, 0.15) is 123 Å². The molecule has 4 nitrogen and oxygen atoms in total. The maximum atomic E-state index is 11.5. The second-order valence-electron chi connectivity index (χ2n) is 7.77. The predicted octanol–water partition coefficient (Wildman–Crippen LogP) is 2.94. The van der Waals surface area contributed by atoms with Crippen LogP contribution in [0.25, 0.3) is 0 Å². The van der Waals surface area contributed by atoms with Crippen LogP contribution in [0.5, 0.6) is 0 Å². The van der Waals surface area contributed by atoms with E-state index in [9.17, 15) is 18.1 Å². The molecule has 0 aliphatic rings. The molecule has 6 heteroatoms. The van der Waals surface area contributed by atoms with E-state index in [-0.39, 0.29) is 51.4 Å². The molecule has 158 valence electrons. The van der Waals surface area contributed by atoms with Crippen molar-refractivity contribution in [3.63, 3.8) is 0 Å².